The fourth-order valence-electron chi connectivity index (χ4n) is 4.24. The van der Waals surface area contributed by atoms with Crippen LogP contribution >= 0.6 is 0 Å². The molecule has 1 aliphatic carbocycles. The zero-order valence-corrected chi connectivity index (χ0v) is 13.2. The van der Waals surface area contributed by atoms with Crippen molar-refractivity contribution in [2.24, 2.45) is 11.7 Å². The van der Waals surface area contributed by atoms with Crippen molar-refractivity contribution >= 4 is 5.69 Å². The van der Waals surface area contributed by atoms with Crippen molar-refractivity contribution in [2.75, 3.05) is 12.3 Å². The van der Waals surface area contributed by atoms with Gasteiger partial charge in [-0.1, -0.05) is 67.8 Å². The molecule has 2 aromatic rings. The number of anilines is 1. The molecule has 0 saturated heterocycles. The second-order valence-electron chi connectivity index (χ2n) is 6.46. The lowest BCUT2D eigenvalue weighted by molar-refractivity contribution is 0.243. The minimum Gasteiger partial charge on any atom is -0.398 e. The molecule has 0 heterocycles. The van der Waals surface area contributed by atoms with Gasteiger partial charge in [0.2, 0.25) is 0 Å². The Bertz CT molecular complexity index is 602. The van der Waals surface area contributed by atoms with E-state index in [1.165, 1.54) is 43.2 Å². The number of benzene rings is 2. The van der Waals surface area contributed by atoms with E-state index in [0.717, 1.165) is 5.69 Å². The molecular weight excluding hydrogens is 268 g/mol. The van der Waals surface area contributed by atoms with E-state index in [4.69, 9.17) is 11.5 Å². The summed E-state index contributed by atoms with van der Waals surface area (Å²) in [7, 11) is 0. The van der Waals surface area contributed by atoms with Crippen molar-refractivity contribution in [3.63, 3.8) is 0 Å². The Balaban J connectivity index is 2.18. The lowest BCUT2D eigenvalue weighted by atomic mass is 9.61. The van der Waals surface area contributed by atoms with Crippen LogP contribution in [0.1, 0.15) is 43.2 Å². The molecule has 2 heteroatoms. The summed E-state index contributed by atoms with van der Waals surface area (Å²) in [6.07, 6.45) is 6.41. The van der Waals surface area contributed by atoms with Gasteiger partial charge >= 0.3 is 0 Å². The van der Waals surface area contributed by atoms with Gasteiger partial charge in [0.25, 0.3) is 0 Å². The standard InChI is InChI=1S/C20H26N2/c21-15-20(16-9-3-1-4-10-16,17-11-5-2-6-12-17)18-13-7-8-14-19(18)22/h1,3-4,7-10,13-14,17H,2,5-6,11-12,15,21-22H2. The van der Waals surface area contributed by atoms with Crippen molar-refractivity contribution in [3.05, 3.63) is 65.7 Å². The number of hydrogen-bond donors (Lipinski definition) is 2. The molecule has 1 atom stereocenters. The van der Waals surface area contributed by atoms with Gasteiger partial charge in [-0.05, 0) is 36.0 Å². The maximum Gasteiger partial charge on any atom is 0.0373 e. The maximum absolute atomic E-state index is 6.42. The molecular formula is C20H26N2. The first kappa shape index (κ1) is 15.1. The van der Waals surface area contributed by atoms with E-state index in [1.807, 2.05) is 12.1 Å². The fourth-order valence-corrected chi connectivity index (χ4v) is 4.24. The third-order valence-corrected chi connectivity index (χ3v) is 5.35. The van der Waals surface area contributed by atoms with Crippen molar-refractivity contribution in [2.45, 2.75) is 37.5 Å². The smallest absolute Gasteiger partial charge is 0.0373 e. The molecule has 0 aliphatic heterocycles. The molecule has 4 N–H and O–H groups in total. The van der Waals surface area contributed by atoms with E-state index in [0.29, 0.717) is 12.5 Å². The Morgan fingerprint density at radius 1 is 0.864 bits per heavy atom. The summed E-state index contributed by atoms with van der Waals surface area (Å²) in [6.45, 7) is 0.607. The van der Waals surface area contributed by atoms with Crippen LogP contribution in [-0.4, -0.2) is 6.54 Å². The maximum atomic E-state index is 6.42. The average molecular weight is 294 g/mol. The largest absolute Gasteiger partial charge is 0.398 e. The predicted molar refractivity (Wildman–Crippen MR) is 93.7 cm³/mol. The van der Waals surface area contributed by atoms with Crippen LogP contribution in [0.4, 0.5) is 5.69 Å². The van der Waals surface area contributed by atoms with E-state index in [9.17, 15) is 0 Å². The summed E-state index contributed by atoms with van der Waals surface area (Å²) in [5, 5.41) is 0. The van der Waals surface area contributed by atoms with E-state index >= 15 is 0 Å². The van der Waals surface area contributed by atoms with Gasteiger partial charge in [0.05, 0.1) is 0 Å². The molecule has 0 spiro atoms. The molecule has 22 heavy (non-hydrogen) atoms. The third-order valence-electron chi connectivity index (χ3n) is 5.35. The summed E-state index contributed by atoms with van der Waals surface area (Å²) in [5.41, 5.74) is 16.0. The monoisotopic (exact) mass is 294 g/mol. The number of nitrogens with two attached hydrogens (primary N) is 2. The van der Waals surface area contributed by atoms with E-state index in [2.05, 4.69) is 42.5 Å². The van der Waals surface area contributed by atoms with Gasteiger partial charge in [0.1, 0.15) is 0 Å². The number of hydrogen-bond acceptors (Lipinski definition) is 2. The first-order valence-electron chi connectivity index (χ1n) is 8.39. The van der Waals surface area contributed by atoms with Crippen molar-refractivity contribution in [1.29, 1.82) is 0 Å². The van der Waals surface area contributed by atoms with Crippen LogP contribution in [0.25, 0.3) is 0 Å². The molecule has 1 unspecified atom stereocenters. The predicted octanol–water partition coefficient (Wildman–Crippen LogP) is 4.09. The van der Waals surface area contributed by atoms with Gasteiger partial charge in [-0.25, -0.2) is 0 Å². The van der Waals surface area contributed by atoms with Gasteiger partial charge < -0.3 is 11.5 Å². The highest BCUT2D eigenvalue weighted by molar-refractivity contribution is 5.56. The van der Waals surface area contributed by atoms with Crippen molar-refractivity contribution in [1.82, 2.24) is 0 Å². The lowest BCUT2D eigenvalue weighted by Crippen LogP contribution is -2.44. The zero-order chi connectivity index (χ0) is 15.4. The second kappa shape index (κ2) is 6.53. The fraction of sp³-hybridized carbons (Fsp3) is 0.400. The second-order valence-corrected chi connectivity index (χ2v) is 6.46. The SMILES string of the molecule is NCC(c1ccccc1)(c1ccccc1N)C1CCCCC1. The first-order chi connectivity index (χ1) is 10.8. The van der Waals surface area contributed by atoms with E-state index < -0.39 is 0 Å². The van der Waals surface area contributed by atoms with Crippen LogP contribution in [-0.2, 0) is 5.41 Å². The summed E-state index contributed by atoms with van der Waals surface area (Å²) in [4.78, 5) is 0. The molecule has 3 rings (SSSR count). The molecule has 1 saturated carbocycles. The molecule has 0 amide bonds. The Hall–Kier alpha value is -1.80. The van der Waals surface area contributed by atoms with Crippen molar-refractivity contribution < 1.29 is 0 Å². The minimum absolute atomic E-state index is 0.160. The summed E-state index contributed by atoms with van der Waals surface area (Å²) < 4.78 is 0. The topological polar surface area (TPSA) is 52.0 Å². The average Bonchev–Trinajstić information content (AvgIpc) is 2.59. The van der Waals surface area contributed by atoms with Gasteiger partial charge in [0, 0.05) is 17.6 Å². The molecule has 0 radical (unpaired) electrons. The summed E-state index contributed by atoms with van der Waals surface area (Å²) in [5.74, 6) is 0.568. The normalized spacial score (nSPS) is 18.8. The lowest BCUT2D eigenvalue weighted by Gasteiger charge is -2.43. The van der Waals surface area contributed by atoms with E-state index in [-0.39, 0.29) is 5.41 Å². The Morgan fingerprint density at radius 3 is 2.14 bits per heavy atom. The molecule has 2 nitrogen and oxygen atoms in total. The Kier molecular flexibility index (Phi) is 4.49. The Morgan fingerprint density at radius 2 is 1.50 bits per heavy atom. The van der Waals surface area contributed by atoms with Crippen LogP contribution in [0.5, 0.6) is 0 Å². The van der Waals surface area contributed by atoms with Crippen LogP contribution in [0.15, 0.2) is 54.6 Å². The van der Waals surface area contributed by atoms with E-state index in [1.54, 1.807) is 0 Å². The Labute approximate surface area is 133 Å². The van der Waals surface area contributed by atoms with Crippen LogP contribution in [0.2, 0.25) is 0 Å². The molecule has 0 aromatic heterocycles. The van der Waals surface area contributed by atoms with Gasteiger partial charge in [0.15, 0.2) is 0 Å². The highest BCUT2D eigenvalue weighted by Crippen LogP contribution is 2.46. The van der Waals surface area contributed by atoms with Crippen LogP contribution < -0.4 is 11.5 Å². The van der Waals surface area contributed by atoms with Crippen LogP contribution in [0, 0.1) is 5.92 Å². The molecule has 1 fully saturated rings. The number of nitrogen functional groups attached to an aromatic ring is 1. The molecule has 1 aliphatic rings. The van der Waals surface area contributed by atoms with Crippen molar-refractivity contribution in [3.8, 4) is 0 Å². The highest BCUT2D eigenvalue weighted by Gasteiger charge is 2.42. The molecule has 0 bridgehead atoms. The first-order valence-corrected chi connectivity index (χ1v) is 8.39. The van der Waals surface area contributed by atoms with Gasteiger partial charge in [-0.15, -0.1) is 0 Å². The quantitative estimate of drug-likeness (QED) is 0.834. The highest BCUT2D eigenvalue weighted by atomic mass is 14.7. The summed E-state index contributed by atoms with van der Waals surface area (Å²) in [6, 6.07) is 19.0. The van der Waals surface area contributed by atoms with Gasteiger partial charge in [-0.2, -0.15) is 0 Å². The number of rotatable bonds is 4. The van der Waals surface area contributed by atoms with Gasteiger partial charge in [-0.3, -0.25) is 0 Å². The molecule has 116 valence electrons. The van der Waals surface area contributed by atoms with Crippen LogP contribution in [0.3, 0.4) is 0 Å². The molecule has 2 aromatic carbocycles. The third kappa shape index (κ3) is 2.52. The number of para-hydroxylation sites is 1. The zero-order valence-electron chi connectivity index (χ0n) is 13.2. The minimum atomic E-state index is -0.160. The summed E-state index contributed by atoms with van der Waals surface area (Å²) >= 11 is 0.